The summed E-state index contributed by atoms with van der Waals surface area (Å²) in [4.78, 5) is 13.9. The van der Waals surface area contributed by atoms with Gasteiger partial charge in [0.15, 0.2) is 0 Å². The normalized spacial score (nSPS) is 9.50. The lowest BCUT2D eigenvalue weighted by molar-refractivity contribution is 0.415. The molecule has 0 amide bonds. The van der Waals surface area contributed by atoms with Crippen molar-refractivity contribution < 1.29 is 4.74 Å². The molecular weight excluding hydrogens is 178 g/mol. The first-order valence-corrected chi connectivity index (χ1v) is 3.97. The second kappa shape index (κ2) is 3.96. The molecule has 2 aromatic rings. The topological polar surface area (TPSA) is 42.1 Å². The number of hydrogen-bond donors (Lipinski definition) is 1. The quantitative estimate of drug-likeness (QED) is 0.750. The van der Waals surface area contributed by atoms with Crippen LogP contribution in [-0.4, -0.2) is 12.1 Å². The van der Waals surface area contributed by atoms with Crippen LogP contribution in [0.5, 0.6) is 5.75 Å². The summed E-state index contributed by atoms with van der Waals surface area (Å²) in [7, 11) is 1.61. The Bertz CT molecular complexity index is 488. The Labute approximate surface area is 82.3 Å². The van der Waals surface area contributed by atoms with Gasteiger partial charge in [-0.25, -0.2) is 0 Å². The molecule has 0 unspecified atom stereocenters. The van der Waals surface area contributed by atoms with E-state index in [0.29, 0.717) is 5.39 Å². The van der Waals surface area contributed by atoms with Crippen LogP contribution in [0.3, 0.4) is 0 Å². The number of methoxy groups -OCH3 is 1. The lowest BCUT2D eigenvalue weighted by Crippen LogP contribution is -2.03. The zero-order valence-electron chi connectivity index (χ0n) is 7.20. The predicted octanol–water partition coefficient (Wildman–Crippen LogP) is 2.17. The minimum Gasteiger partial charge on any atom is -0.497 e. The van der Waals surface area contributed by atoms with Gasteiger partial charge in [-0.05, 0) is 29.7 Å². The Hall–Kier alpha value is -1.77. The molecule has 0 bridgehead atoms. The Morgan fingerprint density at radius 3 is 2.79 bits per heavy atom. The summed E-state index contributed by atoms with van der Waals surface area (Å²) in [6, 6.07) is 7.22. The Morgan fingerprint density at radius 2 is 2.07 bits per heavy atom. The van der Waals surface area contributed by atoms with Crippen molar-refractivity contribution in [3.8, 4) is 5.75 Å². The van der Waals surface area contributed by atoms with Crippen LogP contribution < -0.4 is 10.3 Å². The van der Waals surface area contributed by atoms with E-state index < -0.39 is 0 Å². The molecule has 0 spiro atoms. The van der Waals surface area contributed by atoms with Gasteiger partial charge in [0.05, 0.1) is 7.11 Å². The van der Waals surface area contributed by atoms with Crippen molar-refractivity contribution >= 4 is 10.8 Å². The molecule has 0 fully saturated rings. The molecule has 1 aromatic carbocycles. The van der Waals surface area contributed by atoms with Gasteiger partial charge in [-0.2, -0.15) is 0 Å². The molecule has 0 aliphatic carbocycles. The third-order valence-electron chi connectivity index (χ3n) is 1.98. The predicted molar refractivity (Wildman–Crippen MR) is 57.9 cm³/mol. The van der Waals surface area contributed by atoms with Gasteiger partial charge in [0.2, 0.25) is 0 Å². The van der Waals surface area contributed by atoms with Gasteiger partial charge in [0, 0.05) is 11.6 Å². The van der Waals surface area contributed by atoms with Crippen LogP contribution in [0.4, 0.5) is 0 Å². The number of hydrogen-bond acceptors (Lipinski definition) is 2. The van der Waals surface area contributed by atoms with Gasteiger partial charge in [-0.3, -0.25) is 4.79 Å². The van der Waals surface area contributed by atoms with Gasteiger partial charge in [0.25, 0.3) is 5.56 Å². The van der Waals surface area contributed by atoms with Crippen LogP contribution in [0.25, 0.3) is 10.8 Å². The number of nitrogens with one attached hydrogen (secondary N) is 1. The van der Waals surface area contributed by atoms with E-state index in [4.69, 9.17) is 4.74 Å². The average Bonchev–Trinajstić information content (AvgIpc) is 2.18. The zero-order chi connectivity index (χ0) is 9.26. The van der Waals surface area contributed by atoms with E-state index in [1.165, 1.54) is 0 Å². The summed E-state index contributed by atoms with van der Waals surface area (Å²) < 4.78 is 5.05. The highest BCUT2D eigenvalue weighted by Gasteiger charge is 1.98. The molecule has 0 radical (unpaired) electrons. The van der Waals surface area contributed by atoms with Crippen LogP contribution in [-0.2, 0) is 0 Å². The summed E-state index contributed by atoms with van der Waals surface area (Å²) in [5.41, 5.74) is -0.0693. The van der Waals surface area contributed by atoms with Crippen molar-refractivity contribution in [1.82, 2.24) is 4.98 Å². The van der Waals surface area contributed by atoms with Crippen molar-refractivity contribution in [1.29, 1.82) is 0 Å². The Morgan fingerprint density at radius 1 is 1.29 bits per heavy atom. The van der Waals surface area contributed by atoms with Crippen molar-refractivity contribution in [3.05, 3.63) is 40.8 Å². The molecule has 0 saturated heterocycles. The first-order chi connectivity index (χ1) is 6.31. The van der Waals surface area contributed by atoms with Gasteiger partial charge < -0.3 is 9.72 Å². The number of benzene rings is 1. The Balaban J connectivity index is 0.000000980. The molecule has 0 saturated carbocycles. The van der Waals surface area contributed by atoms with Gasteiger partial charge in [0.1, 0.15) is 5.75 Å². The third kappa shape index (κ3) is 1.62. The van der Waals surface area contributed by atoms with Gasteiger partial charge >= 0.3 is 0 Å². The summed E-state index contributed by atoms with van der Waals surface area (Å²) in [5.74, 6) is 0.762. The fourth-order valence-electron chi connectivity index (χ4n) is 1.30. The molecule has 2 rings (SSSR count). The van der Waals surface area contributed by atoms with Crippen LogP contribution in [0, 0.1) is 0 Å². The molecule has 0 aliphatic heterocycles. The standard InChI is InChI=1S/C10H9NO2.CH4/c1-13-8-2-3-9-7(6-8)4-5-11-10(9)12;/h2-6H,1H3,(H,11,12);1H4. The Kier molecular flexibility index (Phi) is 2.92. The summed E-state index contributed by atoms with van der Waals surface area (Å²) in [6.07, 6.45) is 1.63. The molecular formula is C11H13NO2. The molecule has 0 aliphatic rings. The minimum absolute atomic E-state index is 0. The van der Waals surface area contributed by atoms with Crippen molar-refractivity contribution in [2.24, 2.45) is 0 Å². The fraction of sp³-hybridized carbons (Fsp3) is 0.182. The maximum Gasteiger partial charge on any atom is 0.255 e. The molecule has 3 nitrogen and oxygen atoms in total. The number of aromatic nitrogens is 1. The SMILES string of the molecule is C.COc1ccc2c(=O)[nH]ccc2c1. The van der Waals surface area contributed by atoms with E-state index in [-0.39, 0.29) is 13.0 Å². The second-order valence-electron chi connectivity index (χ2n) is 2.76. The van der Waals surface area contributed by atoms with E-state index in [2.05, 4.69) is 4.98 Å². The highest BCUT2D eigenvalue weighted by Crippen LogP contribution is 2.16. The largest absolute Gasteiger partial charge is 0.497 e. The minimum atomic E-state index is -0.0693. The van der Waals surface area contributed by atoms with E-state index in [1.54, 1.807) is 25.4 Å². The number of rotatable bonds is 1. The van der Waals surface area contributed by atoms with Gasteiger partial charge in [-0.1, -0.05) is 7.43 Å². The second-order valence-corrected chi connectivity index (χ2v) is 2.76. The van der Waals surface area contributed by atoms with Crippen molar-refractivity contribution in [2.75, 3.05) is 7.11 Å². The van der Waals surface area contributed by atoms with Gasteiger partial charge in [-0.15, -0.1) is 0 Å². The first-order valence-electron chi connectivity index (χ1n) is 3.97. The molecule has 1 heterocycles. The summed E-state index contributed by atoms with van der Waals surface area (Å²) in [5, 5.41) is 1.58. The lowest BCUT2D eigenvalue weighted by Gasteiger charge is -2.00. The summed E-state index contributed by atoms with van der Waals surface area (Å²) in [6.45, 7) is 0. The molecule has 0 atom stereocenters. The number of H-pyrrole nitrogens is 1. The molecule has 1 N–H and O–H groups in total. The van der Waals surface area contributed by atoms with E-state index in [0.717, 1.165) is 11.1 Å². The third-order valence-corrected chi connectivity index (χ3v) is 1.98. The zero-order valence-corrected chi connectivity index (χ0v) is 7.20. The van der Waals surface area contributed by atoms with E-state index >= 15 is 0 Å². The van der Waals surface area contributed by atoms with Crippen LogP contribution in [0.1, 0.15) is 7.43 Å². The van der Waals surface area contributed by atoms with Crippen LogP contribution in [0.2, 0.25) is 0 Å². The van der Waals surface area contributed by atoms with Crippen LogP contribution >= 0.6 is 0 Å². The first kappa shape index (κ1) is 10.3. The molecule has 14 heavy (non-hydrogen) atoms. The molecule has 3 heteroatoms. The lowest BCUT2D eigenvalue weighted by atomic mass is 10.2. The highest BCUT2D eigenvalue weighted by atomic mass is 16.5. The number of ether oxygens (including phenoxy) is 1. The van der Waals surface area contributed by atoms with E-state index in [9.17, 15) is 4.79 Å². The monoisotopic (exact) mass is 191 g/mol. The number of fused-ring (bicyclic) bond motifs is 1. The number of pyridine rings is 1. The molecule has 74 valence electrons. The maximum absolute atomic E-state index is 11.3. The fourth-order valence-corrected chi connectivity index (χ4v) is 1.30. The van der Waals surface area contributed by atoms with Crippen molar-refractivity contribution in [3.63, 3.8) is 0 Å². The van der Waals surface area contributed by atoms with Crippen LogP contribution in [0.15, 0.2) is 35.3 Å². The van der Waals surface area contributed by atoms with Crippen molar-refractivity contribution in [2.45, 2.75) is 7.43 Å². The average molecular weight is 191 g/mol. The molecule has 1 aromatic heterocycles. The summed E-state index contributed by atoms with van der Waals surface area (Å²) >= 11 is 0. The highest BCUT2D eigenvalue weighted by molar-refractivity contribution is 5.82. The maximum atomic E-state index is 11.3. The smallest absolute Gasteiger partial charge is 0.255 e. The van der Waals surface area contributed by atoms with E-state index in [1.807, 2.05) is 12.1 Å². The number of aromatic amines is 1.